The average molecular weight is 420 g/mol. The van der Waals surface area contributed by atoms with Gasteiger partial charge in [0.25, 0.3) is 5.91 Å². The van der Waals surface area contributed by atoms with Crippen LogP contribution < -0.4 is 4.90 Å². The zero-order chi connectivity index (χ0) is 21.1. The van der Waals surface area contributed by atoms with Crippen LogP contribution in [0.4, 0.5) is 11.4 Å². The lowest BCUT2D eigenvalue weighted by Gasteiger charge is -2.19. The molecule has 0 atom stereocenters. The number of carbonyl (C=O) groups excluding carboxylic acids is 1. The molecule has 2 aliphatic heterocycles. The summed E-state index contributed by atoms with van der Waals surface area (Å²) in [6.45, 7) is 9.32. The topological polar surface area (TPSA) is 35.9 Å². The Morgan fingerprint density at radius 3 is 2.50 bits per heavy atom. The van der Waals surface area contributed by atoms with Gasteiger partial charge in [-0.2, -0.15) is 0 Å². The minimum Gasteiger partial charge on any atom is -0.372 e. The molecule has 0 radical (unpaired) electrons. The van der Waals surface area contributed by atoms with Crippen molar-refractivity contribution in [3.8, 4) is 0 Å². The van der Waals surface area contributed by atoms with E-state index in [4.69, 9.17) is 4.99 Å². The molecule has 0 spiro atoms. The van der Waals surface area contributed by atoms with E-state index in [1.54, 1.807) is 0 Å². The first-order chi connectivity index (χ1) is 14.5. The zero-order valence-corrected chi connectivity index (χ0v) is 18.8. The van der Waals surface area contributed by atoms with Crippen molar-refractivity contribution in [1.82, 2.24) is 4.90 Å². The summed E-state index contributed by atoms with van der Waals surface area (Å²) in [6, 6.07) is 16.4. The molecule has 2 fully saturated rings. The number of benzene rings is 2. The first-order valence-corrected chi connectivity index (χ1v) is 11.5. The standard InChI is InChI=1S/C25H29N3OS/c1-18(2)17-28-24(29)23(30-25(28)26-21-9-5-4-6-10-21)16-20-11-12-22(15-19(20)3)27-13-7-8-14-27/h4-6,9-12,15-16,18H,7-8,13-14,17H2,1-3H3/b23-16-,26-25?. The van der Waals surface area contributed by atoms with Crippen LogP contribution in [0.1, 0.15) is 37.8 Å². The van der Waals surface area contributed by atoms with Gasteiger partial charge in [-0.15, -0.1) is 0 Å². The highest BCUT2D eigenvalue weighted by Crippen LogP contribution is 2.35. The number of aryl methyl sites for hydroxylation is 1. The molecule has 156 valence electrons. The van der Waals surface area contributed by atoms with Gasteiger partial charge in [-0.25, -0.2) is 4.99 Å². The average Bonchev–Trinajstić information content (AvgIpc) is 3.35. The summed E-state index contributed by atoms with van der Waals surface area (Å²) >= 11 is 1.47. The molecule has 2 saturated heterocycles. The molecular weight excluding hydrogens is 390 g/mol. The van der Waals surface area contributed by atoms with Crippen LogP contribution in [0.25, 0.3) is 6.08 Å². The van der Waals surface area contributed by atoms with Crippen molar-refractivity contribution in [2.45, 2.75) is 33.6 Å². The van der Waals surface area contributed by atoms with Gasteiger partial charge in [0.1, 0.15) is 0 Å². The molecule has 1 amide bonds. The number of hydrogen-bond donors (Lipinski definition) is 0. The Morgan fingerprint density at radius 2 is 1.83 bits per heavy atom. The molecular formula is C25H29N3OS. The minimum absolute atomic E-state index is 0.0476. The molecule has 30 heavy (non-hydrogen) atoms. The third-order valence-electron chi connectivity index (χ3n) is 5.43. The van der Waals surface area contributed by atoms with E-state index in [-0.39, 0.29) is 5.91 Å². The van der Waals surface area contributed by atoms with Gasteiger partial charge in [-0.05, 0) is 78.9 Å². The first-order valence-electron chi connectivity index (χ1n) is 10.7. The Morgan fingerprint density at radius 1 is 1.10 bits per heavy atom. The fraction of sp³-hybridized carbons (Fsp3) is 0.360. The second kappa shape index (κ2) is 9.09. The molecule has 4 nitrogen and oxygen atoms in total. The SMILES string of the molecule is Cc1cc(N2CCCC2)ccc1/C=C1\SC(=Nc2ccccc2)N(CC(C)C)C1=O. The van der Waals surface area contributed by atoms with Crippen LogP contribution in [-0.4, -0.2) is 35.6 Å². The molecule has 0 bridgehead atoms. The van der Waals surface area contributed by atoms with E-state index in [0.717, 1.165) is 34.4 Å². The maximum absolute atomic E-state index is 13.2. The molecule has 4 rings (SSSR count). The molecule has 0 aliphatic carbocycles. The van der Waals surface area contributed by atoms with Crippen LogP contribution in [0.3, 0.4) is 0 Å². The van der Waals surface area contributed by atoms with E-state index in [1.165, 1.54) is 35.9 Å². The number of carbonyl (C=O) groups is 1. The van der Waals surface area contributed by atoms with Crippen LogP contribution >= 0.6 is 11.8 Å². The fourth-order valence-corrected chi connectivity index (χ4v) is 4.86. The van der Waals surface area contributed by atoms with Crippen molar-refractivity contribution in [2.24, 2.45) is 10.9 Å². The molecule has 5 heteroatoms. The number of hydrogen-bond acceptors (Lipinski definition) is 4. The normalized spacial score (nSPS) is 19.7. The number of nitrogens with zero attached hydrogens (tertiary/aromatic N) is 3. The van der Waals surface area contributed by atoms with Crippen LogP contribution in [-0.2, 0) is 4.79 Å². The summed E-state index contributed by atoms with van der Waals surface area (Å²) in [5, 5.41) is 0.762. The van der Waals surface area contributed by atoms with E-state index in [0.29, 0.717) is 12.5 Å². The van der Waals surface area contributed by atoms with E-state index in [2.05, 4.69) is 43.9 Å². The molecule has 2 heterocycles. The number of rotatable bonds is 5. The minimum atomic E-state index is 0.0476. The number of anilines is 1. The second-order valence-electron chi connectivity index (χ2n) is 8.39. The van der Waals surface area contributed by atoms with E-state index < -0.39 is 0 Å². The third-order valence-corrected chi connectivity index (χ3v) is 6.43. The predicted molar refractivity (Wildman–Crippen MR) is 128 cm³/mol. The molecule has 2 aromatic carbocycles. The van der Waals surface area contributed by atoms with Crippen molar-refractivity contribution in [1.29, 1.82) is 0 Å². The van der Waals surface area contributed by atoms with Gasteiger partial charge >= 0.3 is 0 Å². The largest absolute Gasteiger partial charge is 0.372 e. The Bertz CT molecular complexity index is 975. The summed E-state index contributed by atoms with van der Waals surface area (Å²) in [5.74, 6) is 0.419. The van der Waals surface area contributed by atoms with Crippen molar-refractivity contribution >= 4 is 40.3 Å². The van der Waals surface area contributed by atoms with Crippen molar-refractivity contribution in [3.63, 3.8) is 0 Å². The smallest absolute Gasteiger partial charge is 0.266 e. The summed E-state index contributed by atoms with van der Waals surface area (Å²) in [6.07, 6.45) is 4.56. The van der Waals surface area contributed by atoms with Gasteiger partial charge in [0.2, 0.25) is 0 Å². The molecule has 2 aromatic rings. The lowest BCUT2D eigenvalue weighted by Crippen LogP contribution is -2.32. The first kappa shape index (κ1) is 20.7. The fourth-order valence-electron chi connectivity index (χ4n) is 3.87. The van der Waals surface area contributed by atoms with Crippen LogP contribution in [0.5, 0.6) is 0 Å². The summed E-state index contributed by atoms with van der Waals surface area (Å²) in [7, 11) is 0. The number of aliphatic imine (C=N–C) groups is 1. The Labute approximate surface area is 183 Å². The van der Waals surface area contributed by atoms with Gasteiger partial charge in [-0.3, -0.25) is 9.69 Å². The summed E-state index contributed by atoms with van der Waals surface area (Å²) in [4.78, 5) is 22.9. The number of para-hydroxylation sites is 1. The molecule has 2 aliphatic rings. The Kier molecular flexibility index (Phi) is 6.28. The summed E-state index contributed by atoms with van der Waals surface area (Å²) in [5.41, 5.74) is 4.45. The highest BCUT2D eigenvalue weighted by molar-refractivity contribution is 8.18. The molecule has 0 saturated carbocycles. The maximum Gasteiger partial charge on any atom is 0.266 e. The van der Waals surface area contributed by atoms with Gasteiger partial charge < -0.3 is 4.90 Å². The number of thioether (sulfide) groups is 1. The third kappa shape index (κ3) is 4.62. The van der Waals surface area contributed by atoms with Crippen LogP contribution in [0, 0.1) is 12.8 Å². The second-order valence-corrected chi connectivity index (χ2v) is 9.39. The molecule has 0 unspecified atom stereocenters. The van der Waals surface area contributed by atoms with Gasteiger partial charge in [0.15, 0.2) is 5.17 Å². The van der Waals surface area contributed by atoms with Gasteiger partial charge in [-0.1, -0.05) is 38.1 Å². The van der Waals surface area contributed by atoms with Crippen LogP contribution in [0.2, 0.25) is 0 Å². The molecule has 0 N–H and O–H groups in total. The zero-order valence-electron chi connectivity index (χ0n) is 18.0. The van der Waals surface area contributed by atoms with E-state index in [1.807, 2.05) is 41.3 Å². The van der Waals surface area contributed by atoms with E-state index in [9.17, 15) is 4.79 Å². The van der Waals surface area contributed by atoms with Crippen molar-refractivity contribution in [2.75, 3.05) is 24.5 Å². The van der Waals surface area contributed by atoms with E-state index >= 15 is 0 Å². The Balaban J connectivity index is 1.62. The summed E-state index contributed by atoms with van der Waals surface area (Å²) < 4.78 is 0. The molecule has 0 aromatic heterocycles. The quantitative estimate of drug-likeness (QED) is 0.570. The van der Waals surface area contributed by atoms with Gasteiger partial charge in [0, 0.05) is 25.3 Å². The lowest BCUT2D eigenvalue weighted by atomic mass is 10.1. The van der Waals surface area contributed by atoms with Crippen molar-refractivity contribution in [3.05, 3.63) is 64.6 Å². The highest BCUT2D eigenvalue weighted by Gasteiger charge is 2.33. The predicted octanol–water partition coefficient (Wildman–Crippen LogP) is 5.86. The van der Waals surface area contributed by atoms with Crippen LogP contribution in [0.15, 0.2) is 58.4 Å². The Hall–Kier alpha value is -2.53. The van der Waals surface area contributed by atoms with Crippen molar-refractivity contribution < 1.29 is 4.79 Å². The maximum atomic E-state index is 13.2. The highest BCUT2D eigenvalue weighted by atomic mass is 32.2. The monoisotopic (exact) mass is 419 g/mol. The van der Waals surface area contributed by atoms with Gasteiger partial charge in [0.05, 0.1) is 10.6 Å². The lowest BCUT2D eigenvalue weighted by molar-refractivity contribution is -0.122. The number of amidine groups is 1. The number of amides is 1.